The van der Waals surface area contributed by atoms with Crippen LogP contribution < -0.4 is 0 Å². The standard InChI is InChI=1S/C19H12N4/c20-11-15(19-22-17-6-1-2-7-18(17)23-19)10-13-4-3-5-14-12-21-9-8-16(13)14/h1-10,12H,(H,22,23)/b15-10-. The van der Waals surface area contributed by atoms with Crippen LogP contribution in [0, 0.1) is 11.3 Å². The van der Waals surface area contributed by atoms with E-state index in [0.29, 0.717) is 11.4 Å². The molecule has 2 heterocycles. The summed E-state index contributed by atoms with van der Waals surface area (Å²) in [6.45, 7) is 0. The zero-order valence-corrected chi connectivity index (χ0v) is 12.2. The van der Waals surface area contributed by atoms with Crippen LogP contribution in [0.3, 0.4) is 0 Å². The lowest BCUT2D eigenvalue weighted by Crippen LogP contribution is -1.86. The van der Waals surface area contributed by atoms with Gasteiger partial charge in [-0.15, -0.1) is 0 Å². The first-order chi connectivity index (χ1) is 11.3. The zero-order valence-electron chi connectivity index (χ0n) is 12.2. The minimum Gasteiger partial charge on any atom is -0.337 e. The number of hydrogen-bond donors (Lipinski definition) is 1. The second kappa shape index (κ2) is 5.39. The number of para-hydroxylation sites is 2. The Morgan fingerprint density at radius 2 is 2.00 bits per heavy atom. The number of rotatable bonds is 2. The summed E-state index contributed by atoms with van der Waals surface area (Å²) in [6, 6.07) is 17.9. The maximum Gasteiger partial charge on any atom is 0.149 e. The van der Waals surface area contributed by atoms with Gasteiger partial charge in [-0.2, -0.15) is 5.26 Å². The number of pyridine rings is 1. The number of aromatic amines is 1. The third kappa shape index (κ3) is 2.34. The molecule has 4 aromatic rings. The minimum atomic E-state index is 0.505. The fraction of sp³-hybridized carbons (Fsp3) is 0. The summed E-state index contributed by atoms with van der Waals surface area (Å²) in [5, 5.41) is 11.7. The first-order valence-electron chi connectivity index (χ1n) is 7.25. The van der Waals surface area contributed by atoms with E-state index in [-0.39, 0.29) is 0 Å². The van der Waals surface area contributed by atoms with Gasteiger partial charge < -0.3 is 4.98 Å². The number of hydrogen-bond acceptors (Lipinski definition) is 3. The number of nitrogens with one attached hydrogen (secondary N) is 1. The maximum atomic E-state index is 9.55. The van der Waals surface area contributed by atoms with Crippen LogP contribution in [0.4, 0.5) is 0 Å². The van der Waals surface area contributed by atoms with Crippen LogP contribution in [0.15, 0.2) is 60.9 Å². The fourth-order valence-electron chi connectivity index (χ4n) is 2.66. The van der Waals surface area contributed by atoms with Crippen molar-refractivity contribution >= 4 is 33.5 Å². The van der Waals surface area contributed by atoms with Gasteiger partial charge in [0.25, 0.3) is 0 Å². The Hall–Kier alpha value is -3.45. The van der Waals surface area contributed by atoms with E-state index >= 15 is 0 Å². The van der Waals surface area contributed by atoms with Crippen molar-refractivity contribution in [3.8, 4) is 6.07 Å². The van der Waals surface area contributed by atoms with Crippen molar-refractivity contribution in [3.05, 3.63) is 72.3 Å². The van der Waals surface area contributed by atoms with E-state index < -0.39 is 0 Å². The highest BCUT2D eigenvalue weighted by molar-refractivity contribution is 5.97. The summed E-state index contributed by atoms with van der Waals surface area (Å²) in [6.07, 6.45) is 5.44. The quantitative estimate of drug-likeness (QED) is 0.564. The fourth-order valence-corrected chi connectivity index (χ4v) is 2.66. The van der Waals surface area contributed by atoms with Crippen molar-refractivity contribution in [2.24, 2.45) is 0 Å². The highest BCUT2D eigenvalue weighted by atomic mass is 14.9. The molecule has 0 atom stereocenters. The van der Waals surface area contributed by atoms with Gasteiger partial charge in [-0.25, -0.2) is 4.98 Å². The van der Waals surface area contributed by atoms with Gasteiger partial charge in [0.15, 0.2) is 0 Å². The predicted molar refractivity (Wildman–Crippen MR) is 91.3 cm³/mol. The molecule has 2 aromatic carbocycles. The monoisotopic (exact) mass is 296 g/mol. The average Bonchev–Trinajstić information content (AvgIpc) is 3.03. The third-order valence-electron chi connectivity index (χ3n) is 3.78. The molecule has 0 unspecified atom stereocenters. The van der Waals surface area contributed by atoms with Crippen molar-refractivity contribution in [2.75, 3.05) is 0 Å². The Balaban J connectivity index is 1.88. The smallest absolute Gasteiger partial charge is 0.149 e. The van der Waals surface area contributed by atoms with Crippen molar-refractivity contribution in [3.63, 3.8) is 0 Å². The molecule has 0 fully saturated rings. The maximum absolute atomic E-state index is 9.55. The number of benzene rings is 2. The van der Waals surface area contributed by atoms with Gasteiger partial charge in [-0.05, 0) is 35.2 Å². The number of nitrogens with zero attached hydrogens (tertiary/aromatic N) is 3. The van der Waals surface area contributed by atoms with Crippen LogP contribution in [-0.4, -0.2) is 15.0 Å². The van der Waals surface area contributed by atoms with Crippen molar-refractivity contribution in [1.29, 1.82) is 5.26 Å². The summed E-state index contributed by atoms with van der Waals surface area (Å²) in [7, 11) is 0. The predicted octanol–water partition coefficient (Wildman–Crippen LogP) is 4.18. The molecule has 0 bridgehead atoms. The molecule has 0 saturated heterocycles. The van der Waals surface area contributed by atoms with Crippen LogP contribution >= 0.6 is 0 Å². The molecule has 23 heavy (non-hydrogen) atoms. The lowest BCUT2D eigenvalue weighted by molar-refractivity contribution is 1.27. The van der Waals surface area contributed by atoms with E-state index in [1.54, 1.807) is 6.20 Å². The van der Waals surface area contributed by atoms with Gasteiger partial charge in [0.1, 0.15) is 11.9 Å². The Morgan fingerprint density at radius 3 is 2.87 bits per heavy atom. The molecule has 0 radical (unpaired) electrons. The number of fused-ring (bicyclic) bond motifs is 2. The van der Waals surface area contributed by atoms with Crippen LogP contribution in [-0.2, 0) is 0 Å². The molecule has 4 heteroatoms. The number of allylic oxidation sites excluding steroid dienone is 1. The summed E-state index contributed by atoms with van der Waals surface area (Å²) < 4.78 is 0. The van der Waals surface area contributed by atoms with Gasteiger partial charge >= 0.3 is 0 Å². The van der Waals surface area contributed by atoms with E-state index in [9.17, 15) is 5.26 Å². The minimum absolute atomic E-state index is 0.505. The molecule has 0 saturated carbocycles. The average molecular weight is 296 g/mol. The molecular weight excluding hydrogens is 284 g/mol. The number of H-pyrrole nitrogens is 1. The third-order valence-corrected chi connectivity index (χ3v) is 3.78. The normalized spacial score (nSPS) is 11.7. The number of aromatic nitrogens is 3. The largest absolute Gasteiger partial charge is 0.337 e. The first-order valence-corrected chi connectivity index (χ1v) is 7.25. The summed E-state index contributed by atoms with van der Waals surface area (Å²) >= 11 is 0. The van der Waals surface area contributed by atoms with Gasteiger partial charge in [-0.3, -0.25) is 4.98 Å². The van der Waals surface area contributed by atoms with Gasteiger partial charge in [-0.1, -0.05) is 30.3 Å². The van der Waals surface area contributed by atoms with Gasteiger partial charge in [0.2, 0.25) is 0 Å². The van der Waals surface area contributed by atoms with E-state index in [0.717, 1.165) is 27.4 Å². The molecule has 0 amide bonds. The Kier molecular flexibility index (Phi) is 3.10. The van der Waals surface area contributed by atoms with E-state index in [1.807, 2.05) is 60.8 Å². The Labute approximate surface area is 132 Å². The van der Waals surface area contributed by atoms with E-state index in [2.05, 4.69) is 21.0 Å². The highest BCUT2D eigenvalue weighted by Crippen LogP contribution is 2.23. The van der Waals surface area contributed by atoms with Crippen LogP contribution in [0.25, 0.3) is 33.5 Å². The van der Waals surface area contributed by atoms with E-state index in [1.165, 1.54) is 0 Å². The number of imidazole rings is 1. The summed E-state index contributed by atoms with van der Waals surface area (Å²) in [5.74, 6) is 0.583. The molecule has 1 N–H and O–H groups in total. The zero-order chi connectivity index (χ0) is 15.6. The van der Waals surface area contributed by atoms with E-state index in [4.69, 9.17) is 0 Å². The first kappa shape index (κ1) is 13.2. The highest BCUT2D eigenvalue weighted by Gasteiger charge is 2.08. The van der Waals surface area contributed by atoms with Crippen molar-refractivity contribution < 1.29 is 0 Å². The molecule has 4 rings (SSSR count). The second-order valence-corrected chi connectivity index (χ2v) is 5.22. The molecule has 108 valence electrons. The lowest BCUT2D eigenvalue weighted by Gasteiger charge is -2.02. The molecule has 0 aliphatic carbocycles. The lowest BCUT2D eigenvalue weighted by atomic mass is 10.0. The Morgan fingerprint density at radius 1 is 1.09 bits per heavy atom. The Bertz CT molecular complexity index is 1040. The van der Waals surface area contributed by atoms with Crippen molar-refractivity contribution in [2.45, 2.75) is 0 Å². The van der Waals surface area contributed by atoms with Gasteiger partial charge in [0.05, 0.1) is 16.6 Å². The molecule has 0 spiro atoms. The van der Waals surface area contributed by atoms with Gasteiger partial charge in [0, 0.05) is 17.8 Å². The number of nitriles is 1. The second-order valence-electron chi connectivity index (χ2n) is 5.22. The molecule has 0 aliphatic heterocycles. The molecule has 2 aromatic heterocycles. The summed E-state index contributed by atoms with van der Waals surface area (Å²) in [4.78, 5) is 11.8. The van der Waals surface area contributed by atoms with Crippen LogP contribution in [0.2, 0.25) is 0 Å². The van der Waals surface area contributed by atoms with Crippen LogP contribution in [0.5, 0.6) is 0 Å². The summed E-state index contributed by atoms with van der Waals surface area (Å²) in [5.41, 5.74) is 3.25. The van der Waals surface area contributed by atoms with Crippen LogP contribution in [0.1, 0.15) is 11.4 Å². The SMILES string of the molecule is N#C/C(=C/c1cccc2cnccc12)c1nc2ccccc2[nH]1. The molecule has 4 nitrogen and oxygen atoms in total. The molecular formula is C19H12N4. The topological polar surface area (TPSA) is 65.4 Å². The molecule has 0 aliphatic rings. The van der Waals surface area contributed by atoms with Crippen molar-refractivity contribution in [1.82, 2.24) is 15.0 Å².